The molecule has 14 rings (SSSR count). The van der Waals surface area contributed by atoms with Gasteiger partial charge in [0.15, 0.2) is 0 Å². The number of anilines is 2. The third-order valence-electron chi connectivity index (χ3n) is 16.4. The fourth-order valence-corrected chi connectivity index (χ4v) is 14.9. The highest BCUT2D eigenvalue weighted by molar-refractivity contribution is 7.26. The van der Waals surface area contributed by atoms with Crippen molar-refractivity contribution in [2.45, 2.75) is 97.8 Å². The summed E-state index contributed by atoms with van der Waals surface area (Å²) in [7, 11) is 0. The van der Waals surface area contributed by atoms with Gasteiger partial charge in [0, 0.05) is 68.6 Å². The zero-order valence-electron chi connectivity index (χ0n) is 42.1. The Kier molecular flexibility index (Phi) is 8.45. The van der Waals surface area contributed by atoms with Gasteiger partial charge in [0.1, 0.15) is 0 Å². The second-order valence-electron chi connectivity index (χ2n) is 24.2. The number of fused-ring (bicyclic) bond motifs is 17. The lowest BCUT2D eigenvalue weighted by atomic mass is 9.43. The Morgan fingerprint density at radius 3 is 1.89 bits per heavy atom. The van der Waals surface area contributed by atoms with Crippen LogP contribution < -0.4 is 15.7 Å². The largest absolute Gasteiger partial charge is 0.376 e. The molecule has 1 aliphatic carbocycles. The summed E-state index contributed by atoms with van der Waals surface area (Å²) in [6, 6.07) is 57.3. The molecule has 0 bridgehead atoms. The molecule has 0 fully saturated rings. The van der Waals surface area contributed by atoms with Crippen LogP contribution in [0.2, 0.25) is 0 Å². The average molecular weight is 941 g/mol. The summed E-state index contributed by atoms with van der Waals surface area (Å²) in [6.45, 7) is 26.0. The van der Waals surface area contributed by atoms with Gasteiger partial charge in [-0.25, -0.2) is 0 Å². The zero-order valence-corrected chi connectivity index (χ0v) is 43.8. The quantitative estimate of drug-likeness (QED) is 0.157. The van der Waals surface area contributed by atoms with Gasteiger partial charge in [-0.3, -0.25) is 0 Å². The van der Waals surface area contributed by atoms with Crippen LogP contribution in [0.4, 0.5) is 11.4 Å². The van der Waals surface area contributed by atoms with E-state index in [1.807, 2.05) is 22.7 Å². The van der Waals surface area contributed by atoms with Gasteiger partial charge in [-0.15, -0.1) is 22.7 Å². The minimum atomic E-state index is -0.270. The van der Waals surface area contributed by atoms with Crippen LogP contribution in [0.15, 0.2) is 146 Å². The third kappa shape index (κ3) is 5.74. The van der Waals surface area contributed by atoms with Gasteiger partial charge in [-0.2, -0.15) is 0 Å². The molecule has 2 nitrogen and oxygen atoms in total. The first-order valence-electron chi connectivity index (χ1n) is 25.2. The SMILES string of the molecule is CC(C)(C)c1ccc(N2B3c4cc5cc(-c6ccccc6)sc5cc4-n4c5ccc(C(C)(C)C)cc5c5c6c(c(c3c54)-c3cc4c(cc32)sc2ccc(C(C)(C)C)cc24)C(C)(C)c2ccccc2-6)cc1. The molecule has 0 atom stereocenters. The van der Waals surface area contributed by atoms with Crippen molar-refractivity contribution in [3.05, 3.63) is 173 Å². The highest BCUT2D eigenvalue weighted by Crippen LogP contribution is 2.60. The summed E-state index contributed by atoms with van der Waals surface area (Å²) in [5.74, 6) is 0. The molecule has 0 N–H and O–H groups in total. The third-order valence-corrected chi connectivity index (χ3v) is 18.7. The Labute approximate surface area is 420 Å². The van der Waals surface area contributed by atoms with Crippen molar-refractivity contribution in [3.8, 4) is 38.4 Å². The maximum Gasteiger partial charge on any atom is 0.333 e. The summed E-state index contributed by atoms with van der Waals surface area (Å²) < 4.78 is 6.70. The molecule has 11 aromatic rings. The second kappa shape index (κ2) is 13.9. The van der Waals surface area contributed by atoms with E-state index in [1.54, 1.807) is 0 Å². The van der Waals surface area contributed by atoms with E-state index in [1.165, 1.54) is 141 Å². The van der Waals surface area contributed by atoms with Crippen LogP contribution in [0, 0.1) is 0 Å². The molecule has 5 heterocycles. The van der Waals surface area contributed by atoms with Gasteiger partial charge in [0.25, 0.3) is 0 Å². The monoisotopic (exact) mass is 940 g/mol. The molecular weight excluding hydrogens is 884 g/mol. The Bertz CT molecular complexity index is 4080. The lowest BCUT2D eigenvalue weighted by Gasteiger charge is -2.44. The summed E-state index contributed by atoms with van der Waals surface area (Å²) in [4.78, 5) is 4.06. The lowest BCUT2D eigenvalue weighted by molar-refractivity contribution is 0.590. The minimum absolute atomic E-state index is 0.0226. The van der Waals surface area contributed by atoms with Crippen molar-refractivity contribution < 1.29 is 0 Å². The molecule has 0 radical (unpaired) electrons. The van der Waals surface area contributed by atoms with Crippen LogP contribution in [0.1, 0.15) is 104 Å². The van der Waals surface area contributed by atoms with Crippen LogP contribution >= 0.6 is 22.7 Å². The van der Waals surface area contributed by atoms with Gasteiger partial charge >= 0.3 is 6.85 Å². The number of benzene rings is 8. The summed E-state index contributed by atoms with van der Waals surface area (Å²) >= 11 is 3.86. The molecule has 0 unspecified atom stereocenters. The van der Waals surface area contributed by atoms with Crippen molar-refractivity contribution in [1.82, 2.24) is 4.57 Å². The van der Waals surface area contributed by atoms with E-state index in [0.717, 1.165) is 0 Å². The van der Waals surface area contributed by atoms with Gasteiger partial charge in [-0.1, -0.05) is 161 Å². The first kappa shape index (κ1) is 42.5. The van der Waals surface area contributed by atoms with Crippen molar-refractivity contribution in [3.63, 3.8) is 0 Å². The van der Waals surface area contributed by atoms with E-state index in [-0.39, 0.29) is 28.5 Å². The van der Waals surface area contributed by atoms with E-state index in [2.05, 4.69) is 231 Å². The van der Waals surface area contributed by atoms with Crippen molar-refractivity contribution in [2.24, 2.45) is 0 Å². The number of hydrogen-bond donors (Lipinski definition) is 0. The summed E-state index contributed by atoms with van der Waals surface area (Å²) in [5.41, 5.74) is 22.7. The molecule has 0 saturated heterocycles. The molecule has 342 valence electrons. The molecule has 70 heavy (non-hydrogen) atoms. The number of rotatable bonds is 2. The molecule has 0 spiro atoms. The zero-order chi connectivity index (χ0) is 48.1. The smallest absolute Gasteiger partial charge is 0.333 e. The highest BCUT2D eigenvalue weighted by atomic mass is 32.1. The van der Waals surface area contributed by atoms with E-state index >= 15 is 0 Å². The van der Waals surface area contributed by atoms with Crippen LogP contribution in [-0.2, 0) is 21.7 Å². The van der Waals surface area contributed by atoms with Crippen molar-refractivity contribution in [1.29, 1.82) is 0 Å². The second-order valence-corrected chi connectivity index (χ2v) is 26.3. The number of thiophene rings is 2. The fraction of sp³-hybridized carbons (Fsp3) is 0.231. The van der Waals surface area contributed by atoms with Crippen molar-refractivity contribution >= 4 is 104 Å². The standard InChI is InChI=1S/C65H57BN2S2/c1-62(2,3)38-21-25-41(26-22-38)68-50-34-55-44(43-31-40(64(7,8)9)24-28-52(43)69-55)33-46(50)58-59-56(42-19-15-16-20-47(42)65(59,10)11)57-45-32-39(63(4,5)6)23-27-49(45)67-51-35-54-37(29-48(51)66(68)60(58)61(57)67)30-53(70-54)36-17-13-12-14-18-36/h12-35H,1-11H3. The van der Waals surface area contributed by atoms with Gasteiger partial charge in [-0.05, 0) is 143 Å². The van der Waals surface area contributed by atoms with E-state index in [4.69, 9.17) is 0 Å². The van der Waals surface area contributed by atoms with Crippen molar-refractivity contribution in [2.75, 3.05) is 4.81 Å². The maximum absolute atomic E-state index is 2.76. The molecule has 8 aromatic carbocycles. The topological polar surface area (TPSA) is 8.17 Å². The average Bonchev–Trinajstić information content (AvgIpc) is 4.07. The van der Waals surface area contributed by atoms with Crippen LogP contribution in [0.5, 0.6) is 0 Å². The Balaban J connectivity index is 1.21. The van der Waals surface area contributed by atoms with Crippen LogP contribution in [-0.4, -0.2) is 11.4 Å². The number of hydrogen-bond acceptors (Lipinski definition) is 3. The van der Waals surface area contributed by atoms with E-state index in [9.17, 15) is 0 Å². The molecule has 5 heteroatoms. The predicted molar refractivity (Wildman–Crippen MR) is 307 cm³/mol. The molecular formula is C65H57BN2S2. The minimum Gasteiger partial charge on any atom is -0.376 e. The predicted octanol–water partition coefficient (Wildman–Crippen LogP) is 17.5. The Hall–Kier alpha value is -6.40. The fourth-order valence-electron chi connectivity index (χ4n) is 12.7. The van der Waals surface area contributed by atoms with Gasteiger partial charge in [0.05, 0.1) is 11.0 Å². The molecule has 0 saturated carbocycles. The van der Waals surface area contributed by atoms with Gasteiger partial charge in [0.2, 0.25) is 0 Å². The Morgan fingerprint density at radius 1 is 0.514 bits per heavy atom. The normalized spacial score (nSPS) is 14.8. The number of aromatic nitrogens is 1. The molecule has 3 aliphatic rings. The van der Waals surface area contributed by atoms with Crippen LogP contribution in [0.3, 0.4) is 0 Å². The maximum atomic E-state index is 2.76. The van der Waals surface area contributed by atoms with Crippen LogP contribution in [0.25, 0.3) is 90.4 Å². The first-order valence-corrected chi connectivity index (χ1v) is 26.8. The Morgan fingerprint density at radius 2 is 1.16 bits per heavy atom. The molecule has 3 aromatic heterocycles. The summed E-state index contributed by atoms with van der Waals surface area (Å²) in [6.07, 6.45) is 0. The first-order chi connectivity index (χ1) is 33.4. The van der Waals surface area contributed by atoms with E-state index in [0.29, 0.717) is 0 Å². The molecule has 0 amide bonds. The molecule has 2 aliphatic heterocycles. The summed E-state index contributed by atoms with van der Waals surface area (Å²) in [5, 5.41) is 6.74. The van der Waals surface area contributed by atoms with E-state index < -0.39 is 0 Å². The van der Waals surface area contributed by atoms with Gasteiger partial charge < -0.3 is 9.38 Å². The number of nitrogens with zero attached hydrogens (tertiary/aromatic N) is 2. The lowest BCUT2D eigenvalue weighted by Crippen LogP contribution is -2.61. The highest BCUT2D eigenvalue weighted by Gasteiger charge is 2.50.